The predicted octanol–water partition coefficient (Wildman–Crippen LogP) is 3.62. The molecule has 3 heterocycles. The highest BCUT2D eigenvalue weighted by molar-refractivity contribution is 5.95. The molecule has 0 N–H and O–H groups in total. The minimum absolute atomic E-state index is 0.0443. The highest BCUT2D eigenvalue weighted by Crippen LogP contribution is 2.24. The van der Waals surface area contributed by atoms with E-state index in [2.05, 4.69) is 4.98 Å². The third kappa shape index (κ3) is 5.68. The van der Waals surface area contributed by atoms with E-state index in [1.165, 1.54) is 0 Å². The first-order valence-electron chi connectivity index (χ1n) is 10.4. The van der Waals surface area contributed by atoms with E-state index in [1.807, 2.05) is 50.1 Å². The van der Waals surface area contributed by atoms with Crippen LogP contribution in [0.15, 0.2) is 34.9 Å². The summed E-state index contributed by atoms with van der Waals surface area (Å²) in [6.07, 6.45) is 5.93. The number of carbonyl (C=O) groups is 2. The molecule has 1 aliphatic heterocycles. The van der Waals surface area contributed by atoms with Crippen LogP contribution in [0.1, 0.15) is 53.3 Å². The number of likely N-dealkylation sites (N-methyl/N-ethyl adjacent to an activating group) is 1. The van der Waals surface area contributed by atoms with E-state index >= 15 is 0 Å². The lowest BCUT2D eigenvalue weighted by atomic mass is 9.92. The Morgan fingerprint density at radius 3 is 2.83 bits per heavy atom. The second-order valence-electron chi connectivity index (χ2n) is 8.01. The lowest BCUT2D eigenvalue weighted by Gasteiger charge is -2.33. The van der Waals surface area contributed by atoms with E-state index in [4.69, 9.17) is 4.42 Å². The third-order valence-electron chi connectivity index (χ3n) is 5.70. The van der Waals surface area contributed by atoms with Crippen LogP contribution in [0.4, 0.5) is 0 Å². The summed E-state index contributed by atoms with van der Waals surface area (Å²) < 4.78 is 5.51. The van der Waals surface area contributed by atoms with E-state index in [-0.39, 0.29) is 11.8 Å². The van der Waals surface area contributed by atoms with Crippen LogP contribution in [0, 0.1) is 19.8 Å². The zero-order valence-corrected chi connectivity index (χ0v) is 17.7. The van der Waals surface area contributed by atoms with Crippen molar-refractivity contribution in [2.75, 3.05) is 26.7 Å². The Bertz CT molecular complexity index is 831. The molecular formula is C23H31N3O3. The molecule has 0 spiro atoms. The number of carbonyl (C=O) groups excluding carboxylic acids is 2. The summed E-state index contributed by atoms with van der Waals surface area (Å²) in [6, 6.07) is 7.66. The van der Waals surface area contributed by atoms with Crippen molar-refractivity contribution < 1.29 is 14.0 Å². The van der Waals surface area contributed by atoms with Gasteiger partial charge in [0, 0.05) is 51.4 Å². The highest BCUT2D eigenvalue weighted by Gasteiger charge is 2.27. The standard InChI is InChI=1S/C23H31N3O3/c1-17-15-21(18(2)29-17)23(28)26-13-6-7-19(16-26)9-10-22(27)25(3)14-11-20-8-4-5-12-24-20/h4-5,8,12,15,19H,6-7,9-11,13-14,16H2,1-3H3. The van der Waals surface area contributed by atoms with Crippen molar-refractivity contribution in [3.05, 3.63) is 53.2 Å². The molecule has 0 aromatic carbocycles. The number of hydrogen-bond acceptors (Lipinski definition) is 4. The number of nitrogens with zero attached hydrogens (tertiary/aromatic N) is 3. The van der Waals surface area contributed by atoms with E-state index in [0.717, 1.165) is 43.7 Å². The van der Waals surface area contributed by atoms with Crippen LogP contribution in [0.5, 0.6) is 0 Å². The number of amides is 2. The summed E-state index contributed by atoms with van der Waals surface area (Å²) in [4.78, 5) is 33.3. The van der Waals surface area contributed by atoms with E-state index < -0.39 is 0 Å². The molecule has 1 atom stereocenters. The van der Waals surface area contributed by atoms with Gasteiger partial charge in [-0.1, -0.05) is 6.07 Å². The van der Waals surface area contributed by atoms with Gasteiger partial charge < -0.3 is 14.2 Å². The Kier molecular flexibility index (Phi) is 7.07. The first-order valence-corrected chi connectivity index (χ1v) is 10.4. The summed E-state index contributed by atoms with van der Waals surface area (Å²) in [5.74, 6) is 2.01. The number of furan rings is 1. The maximum atomic E-state index is 12.8. The van der Waals surface area contributed by atoms with Gasteiger partial charge in [-0.15, -0.1) is 0 Å². The Labute approximate surface area is 172 Å². The number of likely N-dealkylation sites (tertiary alicyclic amines) is 1. The van der Waals surface area contributed by atoms with E-state index in [9.17, 15) is 9.59 Å². The predicted molar refractivity (Wildman–Crippen MR) is 112 cm³/mol. The van der Waals surface area contributed by atoms with Gasteiger partial charge in [-0.3, -0.25) is 14.6 Å². The molecule has 0 bridgehead atoms. The largest absolute Gasteiger partial charge is 0.466 e. The SMILES string of the molecule is Cc1cc(C(=O)N2CCCC(CCC(=O)N(C)CCc3ccccn3)C2)c(C)o1. The number of hydrogen-bond donors (Lipinski definition) is 0. The van der Waals surface area contributed by atoms with Gasteiger partial charge in [0.2, 0.25) is 5.91 Å². The Balaban J connectivity index is 1.45. The van der Waals surface area contributed by atoms with Crippen molar-refractivity contribution in [3.8, 4) is 0 Å². The van der Waals surface area contributed by atoms with E-state index in [0.29, 0.717) is 36.8 Å². The number of aromatic nitrogens is 1. The molecule has 29 heavy (non-hydrogen) atoms. The Hall–Kier alpha value is -2.63. The smallest absolute Gasteiger partial charge is 0.257 e. The Morgan fingerprint density at radius 2 is 2.14 bits per heavy atom. The van der Waals surface area contributed by atoms with Crippen molar-refractivity contribution >= 4 is 11.8 Å². The minimum atomic E-state index is 0.0443. The quantitative estimate of drug-likeness (QED) is 0.716. The molecular weight excluding hydrogens is 366 g/mol. The molecule has 2 amide bonds. The normalized spacial score (nSPS) is 16.7. The lowest BCUT2D eigenvalue weighted by molar-refractivity contribution is -0.130. The van der Waals surface area contributed by atoms with Crippen molar-refractivity contribution in [2.45, 2.75) is 46.0 Å². The summed E-state index contributed by atoms with van der Waals surface area (Å²) >= 11 is 0. The first-order chi connectivity index (χ1) is 13.9. The third-order valence-corrected chi connectivity index (χ3v) is 5.70. The average Bonchev–Trinajstić information content (AvgIpc) is 3.08. The number of piperidine rings is 1. The fraction of sp³-hybridized carbons (Fsp3) is 0.522. The average molecular weight is 398 g/mol. The fourth-order valence-corrected chi connectivity index (χ4v) is 3.97. The molecule has 6 heteroatoms. The lowest BCUT2D eigenvalue weighted by Crippen LogP contribution is -2.40. The number of aryl methyl sites for hydroxylation is 2. The van der Waals surface area contributed by atoms with Crippen LogP contribution in [-0.2, 0) is 11.2 Å². The van der Waals surface area contributed by atoms with Gasteiger partial charge >= 0.3 is 0 Å². The molecule has 3 rings (SSSR count). The topological polar surface area (TPSA) is 66.7 Å². The van der Waals surface area contributed by atoms with E-state index in [1.54, 1.807) is 11.1 Å². The minimum Gasteiger partial charge on any atom is -0.466 e. The zero-order valence-electron chi connectivity index (χ0n) is 17.7. The number of rotatable bonds is 7. The molecule has 0 aliphatic carbocycles. The van der Waals surface area contributed by atoms with Crippen LogP contribution in [-0.4, -0.2) is 53.3 Å². The van der Waals surface area contributed by atoms with Crippen LogP contribution < -0.4 is 0 Å². The Morgan fingerprint density at radius 1 is 1.31 bits per heavy atom. The van der Waals surface area contributed by atoms with Gasteiger partial charge in [-0.05, 0) is 57.2 Å². The highest BCUT2D eigenvalue weighted by atomic mass is 16.3. The van der Waals surface area contributed by atoms with Crippen LogP contribution in [0.2, 0.25) is 0 Å². The van der Waals surface area contributed by atoms with Crippen molar-refractivity contribution in [3.63, 3.8) is 0 Å². The van der Waals surface area contributed by atoms with Gasteiger partial charge in [0.25, 0.3) is 5.91 Å². The van der Waals surface area contributed by atoms with Gasteiger partial charge in [0.15, 0.2) is 0 Å². The van der Waals surface area contributed by atoms with Crippen molar-refractivity contribution in [1.82, 2.24) is 14.8 Å². The molecule has 1 unspecified atom stereocenters. The van der Waals surface area contributed by atoms with Gasteiger partial charge in [-0.2, -0.15) is 0 Å². The molecule has 1 aliphatic rings. The van der Waals surface area contributed by atoms with Crippen LogP contribution in [0.3, 0.4) is 0 Å². The molecule has 0 radical (unpaired) electrons. The summed E-state index contributed by atoms with van der Waals surface area (Å²) in [5, 5.41) is 0. The molecule has 2 aromatic rings. The van der Waals surface area contributed by atoms with Crippen molar-refractivity contribution in [1.29, 1.82) is 0 Å². The second kappa shape index (κ2) is 9.72. The summed E-state index contributed by atoms with van der Waals surface area (Å²) in [7, 11) is 1.85. The molecule has 156 valence electrons. The second-order valence-corrected chi connectivity index (χ2v) is 8.01. The van der Waals surface area contributed by atoms with Gasteiger partial charge in [-0.25, -0.2) is 0 Å². The van der Waals surface area contributed by atoms with Gasteiger partial charge in [0.05, 0.1) is 5.56 Å². The number of pyridine rings is 1. The van der Waals surface area contributed by atoms with Gasteiger partial charge in [0.1, 0.15) is 11.5 Å². The van der Waals surface area contributed by atoms with Crippen LogP contribution in [0.25, 0.3) is 0 Å². The fourth-order valence-electron chi connectivity index (χ4n) is 3.97. The molecule has 1 saturated heterocycles. The summed E-state index contributed by atoms with van der Waals surface area (Å²) in [6.45, 7) is 5.86. The maximum absolute atomic E-state index is 12.8. The first kappa shape index (κ1) is 21.1. The molecule has 6 nitrogen and oxygen atoms in total. The molecule has 1 fully saturated rings. The molecule has 2 aromatic heterocycles. The monoisotopic (exact) mass is 397 g/mol. The summed E-state index contributed by atoms with van der Waals surface area (Å²) in [5.41, 5.74) is 1.66. The van der Waals surface area contributed by atoms with Crippen LogP contribution >= 0.6 is 0 Å². The maximum Gasteiger partial charge on any atom is 0.257 e. The van der Waals surface area contributed by atoms with Crippen molar-refractivity contribution in [2.24, 2.45) is 5.92 Å². The zero-order chi connectivity index (χ0) is 20.8. The molecule has 0 saturated carbocycles.